The predicted molar refractivity (Wildman–Crippen MR) is 96.4 cm³/mol. The van der Waals surface area contributed by atoms with Gasteiger partial charge in [-0.15, -0.1) is 0 Å². The molecule has 2 aromatic heterocycles. The Bertz CT molecular complexity index is 738. The Hall–Kier alpha value is -2.05. The van der Waals surface area contributed by atoms with E-state index >= 15 is 0 Å². The number of aromatic nitrogens is 2. The van der Waals surface area contributed by atoms with Gasteiger partial charge in [-0.1, -0.05) is 18.2 Å². The van der Waals surface area contributed by atoms with Crippen LogP contribution in [-0.2, 0) is 5.75 Å². The second kappa shape index (κ2) is 7.99. The molecule has 0 aliphatic carbocycles. The van der Waals surface area contributed by atoms with Gasteiger partial charge >= 0.3 is 0 Å². The molecule has 0 bridgehead atoms. The van der Waals surface area contributed by atoms with Gasteiger partial charge in [0, 0.05) is 24.2 Å². The first kappa shape index (κ1) is 15.8. The smallest absolute Gasteiger partial charge is 0.254 e. The summed E-state index contributed by atoms with van der Waals surface area (Å²) in [6.07, 6.45) is 3.35. The van der Waals surface area contributed by atoms with E-state index in [1.165, 1.54) is 5.56 Å². The van der Waals surface area contributed by atoms with Gasteiger partial charge in [0.05, 0.1) is 17.4 Å². The normalized spacial score (nSPS) is 10.6. The van der Waals surface area contributed by atoms with Gasteiger partial charge in [0.25, 0.3) is 5.91 Å². The van der Waals surface area contributed by atoms with Crippen LogP contribution in [0.2, 0.25) is 0 Å². The van der Waals surface area contributed by atoms with Crippen molar-refractivity contribution in [3.63, 3.8) is 0 Å². The SMILES string of the molecule is O=C(NCCSCc1ccsc1)c1cnn(-c2ccccc2)c1. The fourth-order valence-electron chi connectivity index (χ4n) is 2.07. The molecule has 3 rings (SSSR count). The first-order valence-electron chi connectivity index (χ1n) is 7.30. The number of para-hydroxylation sites is 1. The van der Waals surface area contributed by atoms with Gasteiger partial charge in [0.15, 0.2) is 0 Å². The highest BCUT2D eigenvalue weighted by Crippen LogP contribution is 2.14. The molecule has 0 saturated carbocycles. The predicted octanol–water partition coefficient (Wildman–Crippen LogP) is 3.60. The number of nitrogens with zero attached hydrogens (tertiary/aromatic N) is 2. The van der Waals surface area contributed by atoms with E-state index in [2.05, 4.69) is 27.2 Å². The molecule has 0 fully saturated rings. The fourth-order valence-corrected chi connectivity index (χ4v) is 3.65. The highest BCUT2D eigenvalue weighted by Gasteiger charge is 2.08. The molecule has 2 heterocycles. The molecule has 0 unspecified atom stereocenters. The van der Waals surface area contributed by atoms with E-state index in [1.54, 1.807) is 28.4 Å². The first-order chi connectivity index (χ1) is 11.3. The van der Waals surface area contributed by atoms with Crippen molar-refractivity contribution in [2.45, 2.75) is 5.75 Å². The lowest BCUT2D eigenvalue weighted by atomic mass is 10.3. The van der Waals surface area contributed by atoms with E-state index in [-0.39, 0.29) is 5.91 Å². The van der Waals surface area contributed by atoms with Gasteiger partial charge in [0.1, 0.15) is 0 Å². The third kappa shape index (κ3) is 4.46. The summed E-state index contributed by atoms with van der Waals surface area (Å²) in [6.45, 7) is 0.657. The molecular weight excluding hydrogens is 326 g/mol. The van der Waals surface area contributed by atoms with Crippen molar-refractivity contribution in [3.05, 3.63) is 70.7 Å². The van der Waals surface area contributed by atoms with Crippen LogP contribution in [0.5, 0.6) is 0 Å². The monoisotopic (exact) mass is 343 g/mol. The molecule has 3 aromatic rings. The minimum absolute atomic E-state index is 0.0803. The number of nitrogens with one attached hydrogen (secondary N) is 1. The number of benzene rings is 1. The second-order valence-corrected chi connectivity index (χ2v) is 6.83. The van der Waals surface area contributed by atoms with E-state index in [4.69, 9.17) is 0 Å². The molecule has 1 aromatic carbocycles. The number of hydrogen-bond donors (Lipinski definition) is 1. The van der Waals surface area contributed by atoms with Crippen LogP contribution in [0.4, 0.5) is 0 Å². The van der Waals surface area contributed by atoms with Crippen molar-refractivity contribution in [2.75, 3.05) is 12.3 Å². The van der Waals surface area contributed by atoms with Crippen LogP contribution >= 0.6 is 23.1 Å². The lowest BCUT2D eigenvalue weighted by Crippen LogP contribution is -2.25. The minimum Gasteiger partial charge on any atom is -0.351 e. The lowest BCUT2D eigenvalue weighted by Gasteiger charge is -2.03. The van der Waals surface area contributed by atoms with Gasteiger partial charge in [-0.2, -0.15) is 28.2 Å². The summed E-state index contributed by atoms with van der Waals surface area (Å²) in [4.78, 5) is 12.1. The Morgan fingerprint density at radius 3 is 2.91 bits per heavy atom. The molecule has 1 N–H and O–H groups in total. The van der Waals surface area contributed by atoms with Crippen molar-refractivity contribution >= 4 is 29.0 Å². The molecule has 0 radical (unpaired) electrons. The van der Waals surface area contributed by atoms with E-state index < -0.39 is 0 Å². The maximum absolute atomic E-state index is 12.1. The molecule has 0 aliphatic rings. The zero-order valence-electron chi connectivity index (χ0n) is 12.5. The number of carbonyl (C=O) groups is 1. The van der Waals surface area contributed by atoms with E-state index in [0.29, 0.717) is 12.1 Å². The Morgan fingerprint density at radius 2 is 2.13 bits per heavy atom. The summed E-state index contributed by atoms with van der Waals surface area (Å²) in [5, 5.41) is 11.4. The van der Waals surface area contributed by atoms with Gasteiger partial charge in [-0.25, -0.2) is 4.68 Å². The second-order valence-electron chi connectivity index (χ2n) is 4.95. The van der Waals surface area contributed by atoms with Crippen molar-refractivity contribution in [3.8, 4) is 5.69 Å². The number of carbonyl (C=O) groups excluding carboxylic acids is 1. The van der Waals surface area contributed by atoms with Crippen molar-refractivity contribution in [1.29, 1.82) is 0 Å². The molecule has 4 nitrogen and oxygen atoms in total. The molecule has 23 heavy (non-hydrogen) atoms. The largest absolute Gasteiger partial charge is 0.351 e. The number of thioether (sulfide) groups is 1. The topological polar surface area (TPSA) is 46.9 Å². The molecule has 6 heteroatoms. The van der Waals surface area contributed by atoms with Crippen molar-refractivity contribution in [2.24, 2.45) is 0 Å². The lowest BCUT2D eigenvalue weighted by molar-refractivity contribution is 0.0956. The highest BCUT2D eigenvalue weighted by molar-refractivity contribution is 7.98. The molecule has 1 amide bonds. The molecule has 118 valence electrons. The summed E-state index contributed by atoms with van der Waals surface area (Å²) < 4.78 is 1.71. The van der Waals surface area contributed by atoms with Gasteiger partial charge in [0.2, 0.25) is 0 Å². The van der Waals surface area contributed by atoms with Crippen molar-refractivity contribution < 1.29 is 4.79 Å². The third-order valence-electron chi connectivity index (χ3n) is 3.25. The summed E-state index contributed by atoms with van der Waals surface area (Å²) in [7, 11) is 0. The maximum Gasteiger partial charge on any atom is 0.254 e. The Morgan fingerprint density at radius 1 is 1.26 bits per heavy atom. The average molecular weight is 343 g/mol. The fraction of sp³-hybridized carbons (Fsp3) is 0.176. The molecule has 0 saturated heterocycles. The Balaban J connectivity index is 1.44. The zero-order valence-corrected chi connectivity index (χ0v) is 14.1. The van der Waals surface area contributed by atoms with Crippen LogP contribution in [-0.4, -0.2) is 28.0 Å². The van der Waals surface area contributed by atoms with Gasteiger partial charge in [-0.3, -0.25) is 4.79 Å². The van der Waals surface area contributed by atoms with Crippen LogP contribution in [0.25, 0.3) is 5.69 Å². The zero-order chi connectivity index (χ0) is 15.9. The average Bonchev–Trinajstić information content (AvgIpc) is 3.27. The van der Waals surface area contributed by atoms with Gasteiger partial charge in [-0.05, 0) is 34.5 Å². The van der Waals surface area contributed by atoms with Crippen LogP contribution in [0.1, 0.15) is 15.9 Å². The molecular formula is C17H17N3OS2. The third-order valence-corrected chi connectivity index (χ3v) is 5.01. The van der Waals surface area contributed by atoms with E-state index in [0.717, 1.165) is 17.2 Å². The molecule has 0 atom stereocenters. The van der Waals surface area contributed by atoms with Crippen LogP contribution in [0, 0.1) is 0 Å². The Kier molecular flexibility index (Phi) is 5.50. The standard InChI is InChI=1S/C17H17N3OS2/c21-17(18-7-9-23-13-14-6-8-22-12-14)15-10-19-20(11-15)16-4-2-1-3-5-16/h1-6,8,10-12H,7,9,13H2,(H,18,21). The number of rotatable bonds is 7. The summed E-state index contributed by atoms with van der Waals surface area (Å²) in [5.74, 6) is 1.81. The summed E-state index contributed by atoms with van der Waals surface area (Å²) in [5.41, 5.74) is 2.87. The molecule has 0 spiro atoms. The quantitative estimate of drug-likeness (QED) is 0.667. The van der Waals surface area contributed by atoms with Crippen LogP contribution < -0.4 is 5.32 Å². The highest BCUT2D eigenvalue weighted by atomic mass is 32.2. The Labute approximate surface area is 143 Å². The van der Waals surface area contributed by atoms with E-state index in [9.17, 15) is 4.79 Å². The minimum atomic E-state index is -0.0803. The summed E-state index contributed by atoms with van der Waals surface area (Å²) in [6, 6.07) is 11.9. The summed E-state index contributed by atoms with van der Waals surface area (Å²) >= 11 is 3.54. The number of hydrogen-bond acceptors (Lipinski definition) is 4. The molecule has 0 aliphatic heterocycles. The van der Waals surface area contributed by atoms with Gasteiger partial charge < -0.3 is 5.32 Å². The van der Waals surface area contributed by atoms with Crippen molar-refractivity contribution in [1.82, 2.24) is 15.1 Å². The number of amides is 1. The maximum atomic E-state index is 12.1. The van der Waals surface area contributed by atoms with Crippen LogP contribution in [0.3, 0.4) is 0 Å². The number of thiophene rings is 1. The van der Waals surface area contributed by atoms with Crippen LogP contribution in [0.15, 0.2) is 59.6 Å². The van der Waals surface area contributed by atoms with E-state index in [1.807, 2.05) is 42.1 Å². The first-order valence-corrected chi connectivity index (χ1v) is 9.40.